The Bertz CT molecular complexity index is 1150. The van der Waals surface area contributed by atoms with Crippen molar-refractivity contribution < 1.29 is 14.3 Å². The predicted octanol–water partition coefficient (Wildman–Crippen LogP) is 7.24. The predicted molar refractivity (Wildman–Crippen MR) is 146 cm³/mol. The molecule has 2 atom stereocenters. The molecule has 0 spiro atoms. The average Bonchev–Trinajstić information content (AvgIpc) is 2.92. The SMILES string of the molecule is COc1ccc(C(Cc2ccc(C)cc2)C(=O)C(Cc2ccc(C)cc2)c2ccc(OC)cc2)cc1. The van der Waals surface area contributed by atoms with Gasteiger partial charge in [0.2, 0.25) is 0 Å². The fourth-order valence-electron chi connectivity index (χ4n) is 4.60. The number of ether oxygens (including phenoxy) is 2. The zero-order valence-electron chi connectivity index (χ0n) is 21.5. The third-order valence-corrected chi connectivity index (χ3v) is 6.84. The number of Topliss-reactive ketones (excluding diaryl/α,β-unsaturated/α-hetero) is 1. The number of carbonyl (C=O) groups is 1. The molecular formula is C33H34O3. The van der Waals surface area contributed by atoms with Gasteiger partial charge in [0, 0.05) is 11.8 Å². The first-order chi connectivity index (χ1) is 17.5. The summed E-state index contributed by atoms with van der Waals surface area (Å²) in [5.74, 6) is 1.22. The second-order valence-corrected chi connectivity index (χ2v) is 9.43. The fraction of sp³-hybridized carbons (Fsp3) is 0.242. The summed E-state index contributed by atoms with van der Waals surface area (Å²) in [5, 5.41) is 0. The lowest BCUT2D eigenvalue weighted by molar-refractivity contribution is -0.122. The lowest BCUT2D eigenvalue weighted by atomic mass is 9.78. The molecule has 0 saturated carbocycles. The highest BCUT2D eigenvalue weighted by molar-refractivity contribution is 5.92. The molecule has 0 aliphatic carbocycles. The minimum absolute atomic E-state index is 0.214. The van der Waals surface area contributed by atoms with E-state index in [2.05, 4.69) is 62.4 Å². The van der Waals surface area contributed by atoms with Crippen molar-refractivity contribution in [2.75, 3.05) is 14.2 Å². The number of hydrogen-bond donors (Lipinski definition) is 0. The minimum atomic E-state index is -0.281. The van der Waals surface area contributed by atoms with Gasteiger partial charge in [0.15, 0.2) is 0 Å². The zero-order valence-corrected chi connectivity index (χ0v) is 21.5. The molecule has 3 nitrogen and oxygen atoms in total. The van der Waals surface area contributed by atoms with E-state index in [1.54, 1.807) is 14.2 Å². The number of rotatable bonds is 10. The molecule has 0 fully saturated rings. The number of methoxy groups -OCH3 is 2. The standard InChI is InChI=1S/C33H34O3/c1-23-5-9-25(10-6-23)21-31(27-13-17-29(35-3)18-14-27)33(34)32(22-26-11-7-24(2)8-12-26)28-15-19-30(36-4)20-16-28/h5-20,31-32H,21-22H2,1-4H3. The monoisotopic (exact) mass is 478 g/mol. The number of ketones is 1. The van der Waals surface area contributed by atoms with E-state index in [0.717, 1.165) is 33.8 Å². The molecule has 0 radical (unpaired) electrons. The van der Waals surface area contributed by atoms with Crippen LogP contribution in [0.2, 0.25) is 0 Å². The van der Waals surface area contributed by atoms with E-state index in [0.29, 0.717) is 12.8 Å². The molecule has 0 saturated heterocycles. The molecule has 0 aromatic heterocycles. The van der Waals surface area contributed by atoms with E-state index in [9.17, 15) is 4.79 Å². The summed E-state index contributed by atoms with van der Waals surface area (Å²) in [5.41, 5.74) is 6.73. The van der Waals surface area contributed by atoms with Crippen LogP contribution >= 0.6 is 0 Å². The first-order valence-corrected chi connectivity index (χ1v) is 12.4. The summed E-state index contributed by atoms with van der Waals surface area (Å²) in [6.45, 7) is 4.16. The zero-order chi connectivity index (χ0) is 25.5. The van der Waals surface area contributed by atoms with E-state index < -0.39 is 0 Å². The van der Waals surface area contributed by atoms with Crippen molar-refractivity contribution >= 4 is 5.78 Å². The Morgan fingerprint density at radius 3 is 1.19 bits per heavy atom. The summed E-state index contributed by atoms with van der Waals surface area (Å²) >= 11 is 0. The topological polar surface area (TPSA) is 35.5 Å². The van der Waals surface area contributed by atoms with Crippen LogP contribution < -0.4 is 9.47 Å². The van der Waals surface area contributed by atoms with Crippen molar-refractivity contribution in [3.8, 4) is 11.5 Å². The van der Waals surface area contributed by atoms with Crippen LogP contribution in [-0.2, 0) is 17.6 Å². The molecule has 0 aliphatic rings. The van der Waals surface area contributed by atoms with Gasteiger partial charge in [0.05, 0.1) is 14.2 Å². The Hall–Kier alpha value is -3.85. The Morgan fingerprint density at radius 2 is 0.889 bits per heavy atom. The molecule has 0 bridgehead atoms. The van der Waals surface area contributed by atoms with Gasteiger partial charge in [-0.25, -0.2) is 0 Å². The lowest BCUT2D eigenvalue weighted by Gasteiger charge is -2.24. The van der Waals surface area contributed by atoms with Crippen LogP contribution in [0.3, 0.4) is 0 Å². The van der Waals surface area contributed by atoms with Crippen molar-refractivity contribution in [3.05, 3.63) is 130 Å². The molecule has 0 aliphatic heterocycles. The highest BCUT2D eigenvalue weighted by atomic mass is 16.5. The Kier molecular flexibility index (Phi) is 8.22. The van der Waals surface area contributed by atoms with Crippen LogP contribution in [0.25, 0.3) is 0 Å². The second-order valence-electron chi connectivity index (χ2n) is 9.43. The molecule has 2 unspecified atom stereocenters. The molecule has 0 N–H and O–H groups in total. The van der Waals surface area contributed by atoms with Gasteiger partial charge in [-0.05, 0) is 73.2 Å². The Morgan fingerprint density at radius 1 is 0.556 bits per heavy atom. The molecule has 184 valence electrons. The summed E-state index contributed by atoms with van der Waals surface area (Å²) in [6.07, 6.45) is 1.29. The molecule has 4 aromatic rings. The summed E-state index contributed by atoms with van der Waals surface area (Å²) in [6, 6.07) is 32.8. The van der Waals surface area contributed by atoms with Crippen LogP contribution in [0.1, 0.15) is 45.2 Å². The van der Waals surface area contributed by atoms with Crippen LogP contribution in [0.5, 0.6) is 11.5 Å². The number of carbonyl (C=O) groups excluding carboxylic acids is 1. The van der Waals surface area contributed by atoms with Gasteiger partial charge in [0.25, 0.3) is 0 Å². The number of benzene rings is 4. The molecule has 3 heteroatoms. The lowest BCUT2D eigenvalue weighted by Crippen LogP contribution is -2.24. The molecule has 0 heterocycles. The van der Waals surface area contributed by atoms with Crippen LogP contribution in [0, 0.1) is 13.8 Å². The van der Waals surface area contributed by atoms with Crippen LogP contribution in [0.15, 0.2) is 97.1 Å². The Labute approximate surface area is 214 Å². The maximum Gasteiger partial charge on any atom is 0.148 e. The smallest absolute Gasteiger partial charge is 0.148 e. The highest BCUT2D eigenvalue weighted by Crippen LogP contribution is 2.33. The van der Waals surface area contributed by atoms with Gasteiger partial charge in [0.1, 0.15) is 17.3 Å². The van der Waals surface area contributed by atoms with E-state index >= 15 is 0 Å². The van der Waals surface area contributed by atoms with Gasteiger partial charge >= 0.3 is 0 Å². The molecule has 0 amide bonds. The molecule has 36 heavy (non-hydrogen) atoms. The average molecular weight is 479 g/mol. The van der Waals surface area contributed by atoms with E-state index in [1.807, 2.05) is 48.5 Å². The quantitative estimate of drug-likeness (QED) is 0.241. The summed E-state index contributed by atoms with van der Waals surface area (Å²) in [7, 11) is 3.32. The van der Waals surface area contributed by atoms with Crippen molar-refractivity contribution in [2.45, 2.75) is 38.5 Å². The van der Waals surface area contributed by atoms with Crippen LogP contribution in [0.4, 0.5) is 0 Å². The third kappa shape index (κ3) is 6.23. The maximum atomic E-state index is 14.4. The highest BCUT2D eigenvalue weighted by Gasteiger charge is 2.30. The summed E-state index contributed by atoms with van der Waals surface area (Å²) in [4.78, 5) is 14.4. The molecule has 4 aromatic carbocycles. The molecule has 4 rings (SSSR count). The maximum absolute atomic E-state index is 14.4. The number of aryl methyl sites for hydroxylation is 2. The third-order valence-electron chi connectivity index (χ3n) is 6.84. The van der Waals surface area contributed by atoms with E-state index in [4.69, 9.17) is 9.47 Å². The van der Waals surface area contributed by atoms with Gasteiger partial charge in [-0.15, -0.1) is 0 Å². The first kappa shape index (κ1) is 25.2. The minimum Gasteiger partial charge on any atom is -0.497 e. The van der Waals surface area contributed by atoms with E-state index in [1.165, 1.54) is 11.1 Å². The van der Waals surface area contributed by atoms with Gasteiger partial charge < -0.3 is 9.47 Å². The second kappa shape index (κ2) is 11.7. The van der Waals surface area contributed by atoms with Gasteiger partial charge in [-0.2, -0.15) is 0 Å². The van der Waals surface area contributed by atoms with Crippen molar-refractivity contribution in [1.82, 2.24) is 0 Å². The van der Waals surface area contributed by atoms with Crippen LogP contribution in [-0.4, -0.2) is 20.0 Å². The number of hydrogen-bond acceptors (Lipinski definition) is 3. The van der Waals surface area contributed by atoms with Gasteiger partial charge in [-0.3, -0.25) is 4.79 Å². The van der Waals surface area contributed by atoms with E-state index in [-0.39, 0.29) is 17.6 Å². The largest absolute Gasteiger partial charge is 0.497 e. The molecular weight excluding hydrogens is 444 g/mol. The Balaban J connectivity index is 1.74. The first-order valence-electron chi connectivity index (χ1n) is 12.4. The summed E-state index contributed by atoms with van der Waals surface area (Å²) < 4.78 is 10.7. The van der Waals surface area contributed by atoms with Crippen molar-refractivity contribution in [2.24, 2.45) is 0 Å². The van der Waals surface area contributed by atoms with Crippen molar-refractivity contribution in [1.29, 1.82) is 0 Å². The normalized spacial score (nSPS) is 12.6. The van der Waals surface area contributed by atoms with Gasteiger partial charge in [-0.1, -0.05) is 83.9 Å². The fourth-order valence-corrected chi connectivity index (χ4v) is 4.60. The van der Waals surface area contributed by atoms with Crippen molar-refractivity contribution in [3.63, 3.8) is 0 Å².